The lowest BCUT2D eigenvalue weighted by atomic mass is 9.96. The van der Waals surface area contributed by atoms with Gasteiger partial charge in [0.2, 0.25) is 0 Å². The maximum absolute atomic E-state index is 12.7. The quantitative estimate of drug-likeness (QED) is 0.688. The third-order valence-corrected chi connectivity index (χ3v) is 3.56. The Labute approximate surface area is 129 Å². The highest BCUT2D eigenvalue weighted by Crippen LogP contribution is 2.17. The third-order valence-electron chi connectivity index (χ3n) is 3.56. The molecule has 0 aliphatic heterocycles. The van der Waals surface area contributed by atoms with E-state index in [1.54, 1.807) is 7.11 Å². The van der Waals surface area contributed by atoms with Gasteiger partial charge in [-0.15, -0.1) is 0 Å². The molecule has 0 unspecified atom stereocenters. The number of carbonyl (C=O) groups excluding carboxylic acids is 1. The van der Waals surface area contributed by atoms with Crippen LogP contribution < -0.4 is 0 Å². The molecule has 21 heavy (non-hydrogen) atoms. The van der Waals surface area contributed by atoms with E-state index in [2.05, 4.69) is 37.8 Å². The number of ether oxygens (including phenoxy) is 1. The molecule has 1 aromatic rings. The van der Waals surface area contributed by atoms with E-state index in [0.29, 0.717) is 19.1 Å². The fraction of sp³-hybridized carbons (Fsp3) is 0.611. The van der Waals surface area contributed by atoms with Crippen LogP contribution in [0.3, 0.4) is 0 Å². The topological polar surface area (TPSA) is 29.5 Å². The molecule has 1 rings (SSSR count). The lowest BCUT2D eigenvalue weighted by Crippen LogP contribution is -2.36. The summed E-state index contributed by atoms with van der Waals surface area (Å²) < 4.78 is 5.15. The molecule has 0 spiro atoms. The maximum Gasteiger partial charge on any atom is 0.177 e. The van der Waals surface area contributed by atoms with Crippen LogP contribution in [-0.2, 0) is 4.74 Å². The Balaban J connectivity index is 2.86. The smallest absolute Gasteiger partial charge is 0.177 e. The van der Waals surface area contributed by atoms with E-state index in [1.165, 1.54) is 5.56 Å². The summed E-state index contributed by atoms with van der Waals surface area (Å²) in [6.45, 7) is 13.3. The van der Waals surface area contributed by atoms with E-state index in [4.69, 9.17) is 4.74 Å². The molecule has 0 aromatic heterocycles. The van der Waals surface area contributed by atoms with E-state index in [9.17, 15) is 4.79 Å². The average molecular weight is 291 g/mol. The van der Waals surface area contributed by atoms with E-state index < -0.39 is 0 Å². The Morgan fingerprint density at radius 3 is 2.24 bits per heavy atom. The lowest BCUT2D eigenvalue weighted by Gasteiger charge is -2.24. The van der Waals surface area contributed by atoms with Gasteiger partial charge in [-0.2, -0.15) is 0 Å². The molecule has 0 N–H and O–H groups in total. The summed E-state index contributed by atoms with van der Waals surface area (Å²) in [5.41, 5.74) is 4.24. The fourth-order valence-corrected chi connectivity index (χ4v) is 2.87. The van der Waals surface area contributed by atoms with Gasteiger partial charge in [-0.3, -0.25) is 9.69 Å². The zero-order chi connectivity index (χ0) is 16.0. The molecular weight excluding hydrogens is 262 g/mol. The van der Waals surface area contributed by atoms with Gasteiger partial charge in [0.15, 0.2) is 5.78 Å². The van der Waals surface area contributed by atoms with Gasteiger partial charge in [0, 0.05) is 25.8 Å². The first-order chi connectivity index (χ1) is 9.85. The molecule has 118 valence electrons. The molecule has 3 nitrogen and oxygen atoms in total. The van der Waals surface area contributed by atoms with E-state index in [1.807, 2.05) is 13.8 Å². The average Bonchev–Trinajstić information content (AvgIpc) is 2.33. The molecule has 0 amide bonds. The van der Waals surface area contributed by atoms with Crippen LogP contribution in [-0.4, -0.2) is 44.0 Å². The highest BCUT2D eigenvalue weighted by atomic mass is 16.5. The van der Waals surface area contributed by atoms with Crippen LogP contribution >= 0.6 is 0 Å². The van der Waals surface area contributed by atoms with Crippen molar-refractivity contribution in [3.05, 3.63) is 34.4 Å². The molecule has 0 bridgehead atoms. The number of carbonyl (C=O) groups is 1. The van der Waals surface area contributed by atoms with Crippen molar-refractivity contribution in [2.24, 2.45) is 5.92 Å². The predicted molar refractivity (Wildman–Crippen MR) is 88.1 cm³/mol. The number of hydrogen-bond acceptors (Lipinski definition) is 3. The van der Waals surface area contributed by atoms with Crippen molar-refractivity contribution < 1.29 is 9.53 Å². The summed E-state index contributed by atoms with van der Waals surface area (Å²) in [4.78, 5) is 14.9. The Kier molecular flexibility index (Phi) is 7.06. The molecule has 0 saturated heterocycles. The Morgan fingerprint density at radius 1 is 1.19 bits per heavy atom. The standard InChI is InChI=1S/C18H29NO2/c1-13(2)11-19(7-8-21-6)12-17(20)18-15(4)9-14(3)10-16(18)5/h9-10,13H,7-8,11-12H2,1-6H3. The highest BCUT2D eigenvalue weighted by Gasteiger charge is 2.17. The molecule has 3 heteroatoms. The molecule has 0 aliphatic carbocycles. The van der Waals surface area contributed by atoms with Gasteiger partial charge in [-0.25, -0.2) is 0 Å². The molecule has 0 heterocycles. The molecule has 0 aliphatic rings. The van der Waals surface area contributed by atoms with Crippen molar-refractivity contribution >= 4 is 5.78 Å². The minimum absolute atomic E-state index is 0.210. The van der Waals surface area contributed by atoms with Crippen molar-refractivity contribution in [1.82, 2.24) is 4.90 Å². The summed E-state index contributed by atoms with van der Waals surface area (Å²) in [5, 5.41) is 0. The Hall–Kier alpha value is -1.19. The number of aryl methyl sites for hydroxylation is 3. The number of ketones is 1. The number of nitrogens with zero attached hydrogens (tertiary/aromatic N) is 1. The molecule has 0 radical (unpaired) electrons. The van der Waals surface area contributed by atoms with Gasteiger partial charge >= 0.3 is 0 Å². The maximum atomic E-state index is 12.7. The van der Waals surface area contributed by atoms with Crippen LogP contribution in [0.1, 0.15) is 40.9 Å². The van der Waals surface area contributed by atoms with Crippen molar-refractivity contribution in [3.63, 3.8) is 0 Å². The first-order valence-corrected chi connectivity index (χ1v) is 7.67. The van der Waals surface area contributed by atoms with Crippen molar-refractivity contribution in [2.75, 3.05) is 33.4 Å². The van der Waals surface area contributed by atoms with Crippen LogP contribution in [0.25, 0.3) is 0 Å². The van der Waals surface area contributed by atoms with Crippen molar-refractivity contribution in [1.29, 1.82) is 0 Å². The number of Topliss-reactive ketones (excluding diaryl/α,β-unsaturated/α-hetero) is 1. The van der Waals surface area contributed by atoms with Gasteiger partial charge in [0.25, 0.3) is 0 Å². The summed E-state index contributed by atoms with van der Waals surface area (Å²) in [6.07, 6.45) is 0. The van der Waals surface area contributed by atoms with Gasteiger partial charge in [0.1, 0.15) is 0 Å². The van der Waals surface area contributed by atoms with E-state index in [0.717, 1.165) is 29.8 Å². The summed E-state index contributed by atoms with van der Waals surface area (Å²) in [7, 11) is 1.70. The normalized spacial score (nSPS) is 11.4. The summed E-state index contributed by atoms with van der Waals surface area (Å²) in [5.74, 6) is 0.747. The second-order valence-electron chi connectivity index (χ2n) is 6.32. The van der Waals surface area contributed by atoms with Gasteiger partial charge < -0.3 is 4.74 Å². The fourth-order valence-electron chi connectivity index (χ4n) is 2.87. The van der Waals surface area contributed by atoms with Crippen LogP contribution in [0.15, 0.2) is 12.1 Å². The van der Waals surface area contributed by atoms with Crippen LogP contribution in [0.4, 0.5) is 0 Å². The number of benzene rings is 1. The second kappa shape index (κ2) is 8.30. The predicted octanol–water partition coefficient (Wildman–Crippen LogP) is 3.40. The van der Waals surface area contributed by atoms with E-state index in [-0.39, 0.29) is 5.78 Å². The Bertz CT molecular complexity index is 457. The molecular formula is C18H29NO2. The molecule has 0 fully saturated rings. The van der Waals surface area contributed by atoms with Crippen LogP contribution in [0, 0.1) is 26.7 Å². The number of methoxy groups -OCH3 is 1. The van der Waals surface area contributed by atoms with E-state index >= 15 is 0 Å². The highest BCUT2D eigenvalue weighted by molar-refractivity contribution is 6.00. The largest absolute Gasteiger partial charge is 0.383 e. The summed E-state index contributed by atoms with van der Waals surface area (Å²) in [6, 6.07) is 4.17. The van der Waals surface area contributed by atoms with Crippen LogP contribution in [0.5, 0.6) is 0 Å². The number of rotatable bonds is 8. The monoisotopic (exact) mass is 291 g/mol. The van der Waals surface area contributed by atoms with Crippen molar-refractivity contribution in [3.8, 4) is 0 Å². The zero-order valence-electron chi connectivity index (χ0n) is 14.3. The minimum atomic E-state index is 0.210. The first-order valence-electron chi connectivity index (χ1n) is 7.67. The third kappa shape index (κ3) is 5.60. The second-order valence-corrected chi connectivity index (χ2v) is 6.32. The van der Waals surface area contributed by atoms with Crippen molar-refractivity contribution in [2.45, 2.75) is 34.6 Å². The molecule has 0 saturated carbocycles. The molecule has 1 aromatic carbocycles. The lowest BCUT2D eigenvalue weighted by molar-refractivity contribution is 0.0880. The van der Waals surface area contributed by atoms with Gasteiger partial charge in [0.05, 0.1) is 13.2 Å². The molecule has 0 atom stereocenters. The zero-order valence-corrected chi connectivity index (χ0v) is 14.3. The minimum Gasteiger partial charge on any atom is -0.383 e. The Morgan fingerprint density at radius 2 is 1.76 bits per heavy atom. The summed E-state index contributed by atoms with van der Waals surface area (Å²) >= 11 is 0. The van der Waals surface area contributed by atoms with Gasteiger partial charge in [-0.1, -0.05) is 31.5 Å². The van der Waals surface area contributed by atoms with Gasteiger partial charge in [-0.05, 0) is 37.8 Å². The van der Waals surface area contributed by atoms with Crippen LogP contribution in [0.2, 0.25) is 0 Å². The first kappa shape index (κ1) is 17.9. The number of hydrogen-bond donors (Lipinski definition) is 0. The SMILES string of the molecule is COCCN(CC(=O)c1c(C)cc(C)cc1C)CC(C)C.